The van der Waals surface area contributed by atoms with Crippen molar-refractivity contribution >= 4 is 46.3 Å². The molecule has 0 saturated heterocycles. The van der Waals surface area contributed by atoms with E-state index in [1.54, 1.807) is 12.1 Å². The van der Waals surface area contributed by atoms with E-state index in [9.17, 15) is 14.9 Å². The van der Waals surface area contributed by atoms with E-state index < -0.39 is 16.5 Å². The lowest BCUT2D eigenvalue weighted by Crippen LogP contribution is -2.15. The van der Waals surface area contributed by atoms with Crippen LogP contribution in [-0.4, -0.2) is 15.8 Å². The number of nitrogens with zero attached hydrogens (tertiary/aromatic N) is 2. The molecule has 0 radical (unpaired) electrons. The monoisotopic (exact) mass is 326 g/mol. The van der Waals surface area contributed by atoms with Gasteiger partial charge in [-0.05, 0) is 18.2 Å². The Hall–Kier alpha value is -2.38. The molecular formula is C12H8Cl2N4O3. The maximum Gasteiger partial charge on any atom is 0.300 e. The van der Waals surface area contributed by atoms with Gasteiger partial charge < -0.3 is 11.1 Å². The lowest BCUT2D eigenvalue weighted by atomic mass is 10.2. The smallest absolute Gasteiger partial charge is 0.300 e. The van der Waals surface area contributed by atoms with Crippen LogP contribution in [0.1, 0.15) is 10.4 Å². The molecule has 1 aromatic heterocycles. The van der Waals surface area contributed by atoms with Gasteiger partial charge in [0.05, 0.1) is 20.7 Å². The topological polar surface area (TPSA) is 111 Å². The fraction of sp³-hybridized carbons (Fsp3) is 0. The molecule has 0 unspecified atom stereocenters. The zero-order valence-corrected chi connectivity index (χ0v) is 11.9. The molecule has 0 aliphatic carbocycles. The number of anilines is 2. The molecule has 1 heterocycles. The normalized spacial score (nSPS) is 10.2. The van der Waals surface area contributed by atoms with E-state index in [0.717, 1.165) is 12.3 Å². The molecule has 0 saturated carbocycles. The molecule has 2 aromatic rings. The number of carbonyl (C=O) groups is 1. The number of rotatable bonds is 3. The van der Waals surface area contributed by atoms with Crippen molar-refractivity contribution < 1.29 is 9.72 Å². The number of aromatic nitrogens is 1. The van der Waals surface area contributed by atoms with Crippen LogP contribution in [0.15, 0.2) is 30.5 Å². The van der Waals surface area contributed by atoms with E-state index in [2.05, 4.69) is 10.3 Å². The van der Waals surface area contributed by atoms with Crippen LogP contribution in [0.5, 0.6) is 0 Å². The van der Waals surface area contributed by atoms with Crippen LogP contribution >= 0.6 is 23.2 Å². The third-order valence-corrected chi connectivity index (χ3v) is 3.36. The number of carbonyl (C=O) groups excluding carboxylic acids is 1. The number of nitrogen functional groups attached to an aromatic ring is 1. The van der Waals surface area contributed by atoms with E-state index in [4.69, 9.17) is 28.9 Å². The number of nitro groups is 1. The summed E-state index contributed by atoms with van der Waals surface area (Å²) in [5.74, 6) is -0.747. The third-order valence-electron chi connectivity index (χ3n) is 2.55. The van der Waals surface area contributed by atoms with Gasteiger partial charge in [-0.2, -0.15) is 0 Å². The van der Waals surface area contributed by atoms with E-state index in [1.807, 2.05) is 0 Å². The number of benzene rings is 1. The first-order valence-electron chi connectivity index (χ1n) is 5.55. The Labute approximate surface area is 128 Å². The van der Waals surface area contributed by atoms with Crippen molar-refractivity contribution in [2.45, 2.75) is 0 Å². The Morgan fingerprint density at radius 3 is 2.76 bits per heavy atom. The highest BCUT2D eigenvalue weighted by Gasteiger charge is 2.22. The number of pyridine rings is 1. The predicted octanol–water partition coefficient (Wildman–Crippen LogP) is 3.13. The standard InChI is InChI=1S/C12H8Cl2N4O3/c13-7-2-1-3-8(11(7)14)17-12(19)6-4-10(15)16-5-9(6)18(20)21/h1-5H,(H2,15,16)(H,17,19). The summed E-state index contributed by atoms with van der Waals surface area (Å²) >= 11 is 11.8. The number of halogens is 2. The average molecular weight is 327 g/mol. The quantitative estimate of drug-likeness (QED) is 0.664. The number of amides is 1. The van der Waals surface area contributed by atoms with E-state index in [0.29, 0.717) is 0 Å². The summed E-state index contributed by atoms with van der Waals surface area (Å²) in [6.07, 6.45) is 0.920. The molecule has 9 heteroatoms. The van der Waals surface area contributed by atoms with Gasteiger partial charge in [0.25, 0.3) is 11.6 Å². The second-order valence-electron chi connectivity index (χ2n) is 3.94. The van der Waals surface area contributed by atoms with Crippen LogP contribution in [0.3, 0.4) is 0 Å². The van der Waals surface area contributed by atoms with Crippen molar-refractivity contribution in [3.8, 4) is 0 Å². The van der Waals surface area contributed by atoms with Gasteiger partial charge in [0.2, 0.25) is 0 Å². The molecule has 108 valence electrons. The van der Waals surface area contributed by atoms with Gasteiger partial charge in [-0.1, -0.05) is 29.3 Å². The third kappa shape index (κ3) is 3.21. The minimum atomic E-state index is -0.736. The fourth-order valence-electron chi connectivity index (χ4n) is 1.58. The molecule has 3 N–H and O–H groups in total. The largest absolute Gasteiger partial charge is 0.384 e. The van der Waals surface area contributed by atoms with Crippen LogP contribution in [0.25, 0.3) is 0 Å². The number of nitrogens with one attached hydrogen (secondary N) is 1. The first kappa shape index (κ1) is 15.0. The lowest BCUT2D eigenvalue weighted by molar-refractivity contribution is -0.385. The first-order chi connectivity index (χ1) is 9.90. The SMILES string of the molecule is Nc1cc(C(=O)Nc2cccc(Cl)c2Cl)c([N+](=O)[O-])cn1. The summed E-state index contributed by atoms with van der Waals surface area (Å²) in [7, 11) is 0. The summed E-state index contributed by atoms with van der Waals surface area (Å²) in [6, 6.07) is 5.76. The van der Waals surface area contributed by atoms with Crippen molar-refractivity contribution in [1.29, 1.82) is 0 Å². The number of hydrogen-bond acceptors (Lipinski definition) is 5. The summed E-state index contributed by atoms with van der Waals surface area (Å²) in [5, 5.41) is 13.7. The first-order valence-corrected chi connectivity index (χ1v) is 6.31. The maximum atomic E-state index is 12.2. The number of nitrogens with two attached hydrogens (primary N) is 1. The molecule has 0 bridgehead atoms. The minimum Gasteiger partial charge on any atom is -0.384 e. The molecule has 1 aromatic carbocycles. The highest BCUT2D eigenvalue weighted by molar-refractivity contribution is 6.44. The van der Waals surface area contributed by atoms with Crippen molar-refractivity contribution in [2.24, 2.45) is 0 Å². The zero-order chi connectivity index (χ0) is 15.6. The Morgan fingerprint density at radius 2 is 2.10 bits per heavy atom. The Kier molecular flexibility index (Phi) is 4.25. The second kappa shape index (κ2) is 5.94. The number of hydrogen-bond donors (Lipinski definition) is 2. The van der Waals surface area contributed by atoms with Gasteiger partial charge in [-0.25, -0.2) is 4.98 Å². The Morgan fingerprint density at radius 1 is 1.38 bits per heavy atom. The van der Waals surface area contributed by atoms with Gasteiger partial charge in [0.1, 0.15) is 17.6 Å². The van der Waals surface area contributed by atoms with Gasteiger partial charge in [0.15, 0.2) is 0 Å². The van der Waals surface area contributed by atoms with Crippen molar-refractivity contribution in [3.63, 3.8) is 0 Å². The summed E-state index contributed by atoms with van der Waals surface area (Å²) in [5.41, 5.74) is 5.01. The molecule has 21 heavy (non-hydrogen) atoms. The van der Waals surface area contributed by atoms with Gasteiger partial charge in [-0.15, -0.1) is 0 Å². The van der Waals surface area contributed by atoms with Crippen LogP contribution in [0, 0.1) is 10.1 Å². The van der Waals surface area contributed by atoms with Crippen molar-refractivity contribution in [1.82, 2.24) is 4.98 Å². The second-order valence-corrected chi connectivity index (χ2v) is 4.72. The summed E-state index contributed by atoms with van der Waals surface area (Å²) in [4.78, 5) is 25.9. The lowest BCUT2D eigenvalue weighted by Gasteiger charge is -2.08. The Balaban J connectivity index is 2.39. The predicted molar refractivity (Wildman–Crippen MR) is 79.7 cm³/mol. The molecule has 0 aliphatic heterocycles. The molecule has 1 amide bonds. The summed E-state index contributed by atoms with van der Waals surface area (Å²) in [6.45, 7) is 0. The molecule has 0 aliphatic rings. The van der Waals surface area contributed by atoms with Crippen molar-refractivity contribution in [2.75, 3.05) is 11.1 Å². The highest BCUT2D eigenvalue weighted by Crippen LogP contribution is 2.30. The molecule has 0 atom stereocenters. The van der Waals surface area contributed by atoms with Gasteiger partial charge in [-0.3, -0.25) is 14.9 Å². The highest BCUT2D eigenvalue weighted by atomic mass is 35.5. The molecule has 0 spiro atoms. The van der Waals surface area contributed by atoms with E-state index >= 15 is 0 Å². The van der Waals surface area contributed by atoms with Crippen LogP contribution < -0.4 is 11.1 Å². The molecule has 0 fully saturated rings. The molecule has 2 rings (SSSR count). The summed E-state index contributed by atoms with van der Waals surface area (Å²) < 4.78 is 0. The van der Waals surface area contributed by atoms with Gasteiger partial charge >= 0.3 is 0 Å². The zero-order valence-electron chi connectivity index (χ0n) is 10.3. The maximum absolute atomic E-state index is 12.2. The Bertz CT molecular complexity index is 736. The van der Waals surface area contributed by atoms with Crippen molar-refractivity contribution in [3.05, 3.63) is 56.2 Å². The van der Waals surface area contributed by atoms with Crippen LogP contribution in [0.4, 0.5) is 17.2 Å². The minimum absolute atomic E-state index is 0.0112. The fourth-order valence-corrected chi connectivity index (χ4v) is 1.93. The van der Waals surface area contributed by atoms with Crippen LogP contribution in [-0.2, 0) is 0 Å². The van der Waals surface area contributed by atoms with E-state index in [1.165, 1.54) is 6.07 Å². The van der Waals surface area contributed by atoms with Gasteiger partial charge in [0, 0.05) is 0 Å². The van der Waals surface area contributed by atoms with Crippen LogP contribution in [0.2, 0.25) is 10.0 Å². The average Bonchev–Trinajstić information content (AvgIpc) is 2.43. The van der Waals surface area contributed by atoms with E-state index in [-0.39, 0.29) is 27.1 Å². The molecular weight excluding hydrogens is 319 g/mol. The molecule has 7 nitrogen and oxygen atoms in total.